The Morgan fingerprint density at radius 3 is 2.72 bits per heavy atom. The molecule has 2 heterocycles. The third-order valence-corrected chi connectivity index (χ3v) is 4.92. The molecule has 126 valence electrons. The Balaban J connectivity index is 1.73. The van der Waals surface area contributed by atoms with Crippen LogP contribution in [-0.4, -0.2) is 10.5 Å². The van der Waals surface area contributed by atoms with Crippen LogP contribution >= 0.6 is 0 Å². The van der Waals surface area contributed by atoms with Crippen LogP contribution in [0.2, 0.25) is 0 Å². The molecule has 0 spiro atoms. The lowest BCUT2D eigenvalue weighted by molar-refractivity contribution is 0.0938. The Morgan fingerprint density at radius 2 is 1.92 bits per heavy atom. The van der Waals surface area contributed by atoms with Gasteiger partial charge in [-0.15, -0.1) is 0 Å². The van der Waals surface area contributed by atoms with E-state index in [1.54, 1.807) is 6.20 Å². The molecule has 0 aliphatic carbocycles. The van der Waals surface area contributed by atoms with Gasteiger partial charge in [0, 0.05) is 18.1 Å². The van der Waals surface area contributed by atoms with Gasteiger partial charge in [0.05, 0.1) is 11.6 Å². The first kappa shape index (κ1) is 15.6. The fourth-order valence-electron chi connectivity index (χ4n) is 3.62. The van der Waals surface area contributed by atoms with Crippen LogP contribution in [0.4, 0.5) is 0 Å². The molecule has 1 aromatic heterocycles. The Kier molecular flexibility index (Phi) is 3.88. The SMILES string of the molecule is C[C@@H](NC(=O)c1cn2c3c(cccc3c1=O)CCC2)c1ccccc1. The summed E-state index contributed by atoms with van der Waals surface area (Å²) in [6, 6.07) is 15.4. The number of nitrogens with zero attached hydrogens (tertiary/aromatic N) is 1. The summed E-state index contributed by atoms with van der Waals surface area (Å²) >= 11 is 0. The van der Waals surface area contributed by atoms with Gasteiger partial charge >= 0.3 is 0 Å². The van der Waals surface area contributed by atoms with Crippen LogP contribution < -0.4 is 10.7 Å². The van der Waals surface area contributed by atoms with E-state index in [1.807, 2.05) is 49.4 Å². The molecule has 1 N–H and O–H groups in total. The molecule has 1 aliphatic rings. The van der Waals surface area contributed by atoms with E-state index in [0.29, 0.717) is 5.39 Å². The van der Waals surface area contributed by atoms with Crippen molar-refractivity contribution < 1.29 is 4.79 Å². The van der Waals surface area contributed by atoms with Gasteiger partial charge in [0.15, 0.2) is 0 Å². The zero-order valence-corrected chi connectivity index (χ0v) is 14.2. The molecule has 4 rings (SSSR count). The molecule has 0 bridgehead atoms. The monoisotopic (exact) mass is 332 g/mol. The highest BCUT2D eigenvalue weighted by Gasteiger charge is 2.20. The summed E-state index contributed by atoms with van der Waals surface area (Å²) in [7, 11) is 0. The van der Waals surface area contributed by atoms with E-state index in [-0.39, 0.29) is 22.9 Å². The smallest absolute Gasteiger partial charge is 0.257 e. The van der Waals surface area contributed by atoms with E-state index in [9.17, 15) is 9.59 Å². The standard InChI is InChI=1S/C21H20N2O2/c1-14(15-7-3-2-4-8-15)22-21(25)18-13-23-12-6-10-16-9-5-11-17(19(16)23)20(18)24/h2-5,7-9,11,13-14H,6,10,12H2,1H3,(H,22,25)/t14-/m1/s1. The molecule has 3 aromatic rings. The first-order valence-electron chi connectivity index (χ1n) is 8.66. The number of amides is 1. The lowest BCUT2D eigenvalue weighted by Crippen LogP contribution is -2.32. The molecule has 25 heavy (non-hydrogen) atoms. The van der Waals surface area contributed by atoms with Crippen molar-refractivity contribution in [1.82, 2.24) is 9.88 Å². The molecule has 0 saturated heterocycles. The van der Waals surface area contributed by atoms with Crippen molar-refractivity contribution in [3.05, 3.63) is 81.6 Å². The number of hydrogen-bond donors (Lipinski definition) is 1. The van der Waals surface area contributed by atoms with E-state index in [0.717, 1.165) is 30.5 Å². The fraction of sp³-hybridized carbons (Fsp3) is 0.238. The minimum Gasteiger partial charge on any atom is -0.346 e. The summed E-state index contributed by atoms with van der Waals surface area (Å²) in [5, 5.41) is 3.59. The highest BCUT2D eigenvalue weighted by atomic mass is 16.2. The summed E-state index contributed by atoms with van der Waals surface area (Å²) in [5.41, 5.74) is 3.21. The topological polar surface area (TPSA) is 51.1 Å². The van der Waals surface area contributed by atoms with Crippen LogP contribution in [0.1, 0.15) is 40.9 Å². The number of pyridine rings is 1. The fourth-order valence-corrected chi connectivity index (χ4v) is 3.62. The molecule has 2 aromatic carbocycles. The molecule has 0 radical (unpaired) electrons. The first-order valence-corrected chi connectivity index (χ1v) is 8.66. The van der Waals surface area contributed by atoms with Gasteiger partial charge < -0.3 is 9.88 Å². The maximum Gasteiger partial charge on any atom is 0.257 e. The molecule has 4 nitrogen and oxygen atoms in total. The van der Waals surface area contributed by atoms with Gasteiger partial charge in [0.2, 0.25) is 5.43 Å². The number of carbonyl (C=O) groups is 1. The second-order valence-electron chi connectivity index (χ2n) is 6.59. The number of nitrogens with one attached hydrogen (secondary N) is 1. The van der Waals surface area contributed by atoms with E-state index in [2.05, 4.69) is 16.0 Å². The number of hydrogen-bond acceptors (Lipinski definition) is 2. The number of aryl methyl sites for hydroxylation is 2. The van der Waals surface area contributed by atoms with Gasteiger partial charge in [-0.2, -0.15) is 0 Å². The summed E-state index contributed by atoms with van der Waals surface area (Å²) in [6.45, 7) is 2.76. The minimum atomic E-state index is -0.317. The van der Waals surface area contributed by atoms with Gasteiger partial charge in [0.25, 0.3) is 5.91 Å². The average molecular weight is 332 g/mol. The first-order chi connectivity index (χ1) is 12.1. The summed E-state index contributed by atoms with van der Waals surface area (Å²) in [5.74, 6) is -0.317. The molecule has 1 amide bonds. The van der Waals surface area contributed by atoms with Crippen molar-refractivity contribution >= 4 is 16.8 Å². The quantitative estimate of drug-likeness (QED) is 0.799. The van der Waals surface area contributed by atoms with E-state index in [4.69, 9.17) is 0 Å². The zero-order valence-electron chi connectivity index (χ0n) is 14.2. The summed E-state index contributed by atoms with van der Waals surface area (Å²) < 4.78 is 2.05. The van der Waals surface area contributed by atoms with Crippen LogP contribution in [0.15, 0.2) is 59.5 Å². The molecule has 1 atom stereocenters. The van der Waals surface area contributed by atoms with Gasteiger partial charge in [-0.25, -0.2) is 0 Å². The van der Waals surface area contributed by atoms with Crippen LogP contribution in [-0.2, 0) is 13.0 Å². The number of rotatable bonds is 3. The maximum atomic E-state index is 12.9. The van der Waals surface area contributed by atoms with Crippen molar-refractivity contribution in [2.24, 2.45) is 0 Å². The van der Waals surface area contributed by atoms with E-state index >= 15 is 0 Å². The largest absolute Gasteiger partial charge is 0.346 e. The van der Waals surface area contributed by atoms with Crippen LogP contribution in [0.5, 0.6) is 0 Å². The van der Waals surface area contributed by atoms with Crippen molar-refractivity contribution in [3.8, 4) is 0 Å². The van der Waals surface area contributed by atoms with Crippen molar-refractivity contribution in [2.75, 3.05) is 0 Å². The Hall–Kier alpha value is -2.88. The number of para-hydroxylation sites is 1. The molecule has 0 saturated carbocycles. The van der Waals surface area contributed by atoms with Gasteiger partial charge in [-0.1, -0.05) is 42.5 Å². The van der Waals surface area contributed by atoms with Crippen molar-refractivity contribution in [1.29, 1.82) is 0 Å². The Labute approximate surface area is 146 Å². The van der Waals surface area contributed by atoms with Gasteiger partial charge in [-0.3, -0.25) is 9.59 Å². The molecule has 0 unspecified atom stereocenters. The highest BCUT2D eigenvalue weighted by molar-refractivity contribution is 5.98. The second kappa shape index (κ2) is 6.20. The van der Waals surface area contributed by atoms with Crippen LogP contribution in [0.3, 0.4) is 0 Å². The maximum absolute atomic E-state index is 12.9. The van der Waals surface area contributed by atoms with Crippen molar-refractivity contribution in [3.63, 3.8) is 0 Å². The van der Waals surface area contributed by atoms with Gasteiger partial charge in [-0.05, 0) is 37.0 Å². The lowest BCUT2D eigenvalue weighted by atomic mass is 9.99. The van der Waals surface area contributed by atoms with E-state index in [1.165, 1.54) is 5.56 Å². The summed E-state index contributed by atoms with van der Waals surface area (Å²) in [6.07, 6.45) is 3.73. The Morgan fingerprint density at radius 1 is 1.12 bits per heavy atom. The van der Waals surface area contributed by atoms with Gasteiger partial charge in [0.1, 0.15) is 5.56 Å². The third kappa shape index (κ3) is 2.74. The normalized spacial score (nSPS) is 14.3. The summed E-state index contributed by atoms with van der Waals surface area (Å²) in [4.78, 5) is 25.6. The number of aromatic nitrogens is 1. The predicted octanol–water partition coefficient (Wildman–Crippen LogP) is 3.44. The number of benzene rings is 2. The minimum absolute atomic E-state index is 0.156. The Bertz CT molecular complexity index is 1010. The molecule has 4 heteroatoms. The molecular weight excluding hydrogens is 312 g/mol. The van der Waals surface area contributed by atoms with Crippen LogP contribution in [0, 0.1) is 0 Å². The molecule has 1 aliphatic heterocycles. The zero-order chi connectivity index (χ0) is 17.4. The lowest BCUT2D eigenvalue weighted by Gasteiger charge is -2.21. The highest BCUT2D eigenvalue weighted by Crippen LogP contribution is 2.23. The average Bonchev–Trinajstić information content (AvgIpc) is 2.65. The molecular formula is C21H20N2O2. The second-order valence-corrected chi connectivity index (χ2v) is 6.59. The predicted molar refractivity (Wildman–Crippen MR) is 98.9 cm³/mol. The third-order valence-electron chi connectivity index (χ3n) is 4.92. The molecule has 0 fully saturated rings. The van der Waals surface area contributed by atoms with Crippen molar-refractivity contribution in [2.45, 2.75) is 32.4 Å². The van der Waals surface area contributed by atoms with E-state index < -0.39 is 0 Å². The number of carbonyl (C=O) groups excluding carboxylic acids is 1. The van der Waals surface area contributed by atoms with Crippen LogP contribution in [0.25, 0.3) is 10.9 Å².